The molecular weight excluding hydrogens is 250 g/mol. The van der Waals surface area contributed by atoms with E-state index in [1.54, 1.807) is 0 Å². The Morgan fingerprint density at radius 1 is 1.30 bits per heavy atom. The Bertz CT molecular complexity index is 638. The lowest BCUT2D eigenvalue weighted by atomic mass is 10.1. The number of hydrogen-bond acceptors (Lipinski definition) is 5. The number of nitrogens with zero attached hydrogens (tertiary/aromatic N) is 3. The molecule has 0 saturated heterocycles. The first kappa shape index (κ1) is 12.8. The number of anilines is 2. The van der Waals surface area contributed by atoms with Gasteiger partial charge in [-0.1, -0.05) is 30.7 Å². The highest BCUT2D eigenvalue weighted by atomic mass is 15.2. The van der Waals surface area contributed by atoms with Gasteiger partial charge in [-0.25, -0.2) is 0 Å². The first-order valence-corrected chi connectivity index (χ1v) is 7.02. The van der Waals surface area contributed by atoms with Crippen molar-refractivity contribution in [2.24, 2.45) is 0 Å². The van der Waals surface area contributed by atoms with Gasteiger partial charge in [0.25, 0.3) is 0 Å². The average Bonchev–Trinajstić information content (AvgIpc) is 2.80. The van der Waals surface area contributed by atoms with Crippen LogP contribution in [0.1, 0.15) is 41.9 Å². The van der Waals surface area contributed by atoms with Crippen LogP contribution in [0.4, 0.5) is 11.9 Å². The summed E-state index contributed by atoms with van der Waals surface area (Å²) < 4.78 is 0. The van der Waals surface area contributed by atoms with Crippen molar-refractivity contribution in [3.05, 3.63) is 40.7 Å². The van der Waals surface area contributed by atoms with Gasteiger partial charge in [0.1, 0.15) is 5.82 Å². The van der Waals surface area contributed by atoms with Gasteiger partial charge in [-0.05, 0) is 30.9 Å². The third kappa shape index (κ3) is 2.43. The number of benzene rings is 1. The molecule has 0 fully saturated rings. The lowest BCUT2D eigenvalue weighted by Gasteiger charge is -2.15. The molecule has 1 heterocycles. The molecule has 1 unspecified atom stereocenters. The van der Waals surface area contributed by atoms with Crippen LogP contribution in [0.2, 0.25) is 0 Å². The van der Waals surface area contributed by atoms with Crippen molar-refractivity contribution >= 4 is 11.9 Å². The Labute approximate surface area is 118 Å². The van der Waals surface area contributed by atoms with Gasteiger partial charge in [-0.15, -0.1) is 0 Å². The zero-order valence-electron chi connectivity index (χ0n) is 11.8. The first-order valence-electron chi connectivity index (χ1n) is 7.02. The molecule has 0 saturated carbocycles. The number of rotatable bonds is 3. The van der Waals surface area contributed by atoms with E-state index >= 15 is 0 Å². The highest BCUT2D eigenvalue weighted by Crippen LogP contribution is 2.33. The van der Waals surface area contributed by atoms with E-state index in [2.05, 4.69) is 45.4 Å². The van der Waals surface area contributed by atoms with Gasteiger partial charge in [0.2, 0.25) is 11.9 Å². The molecule has 2 aromatic rings. The highest BCUT2D eigenvalue weighted by molar-refractivity contribution is 5.43. The van der Waals surface area contributed by atoms with Gasteiger partial charge >= 0.3 is 0 Å². The third-order valence-electron chi connectivity index (χ3n) is 3.70. The van der Waals surface area contributed by atoms with Crippen molar-refractivity contribution in [3.63, 3.8) is 0 Å². The van der Waals surface area contributed by atoms with Crippen LogP contribution in [0.3, 0.4) is 0 Å². The minimum Gasteiger partial charge on any atom is -0.368 e. The normalized spacial score (nSPS) is 17.0. The van der Waals surface area contributed by atoms with E-state index in [9.17, 15) is 0 Å². The average molecular weight is 269 g/mol. The van der Waals surface area contributed by atoms with Gasteiger partial charge in [0.05, 0.1) is 6.04 Å². The third-order valence-corrected chi connectivity index (χ3v) is 3.70. The molecule has 1 aliphatic rings. The van der Waals surface area contributed by atoms with Crippen molar-refractivity contribution in [1.82, 2.24) is 15.0 Å². The van der Waals surface area contributed by atoms with Crippen LogP contribution in [-0.4, -0.2) is 15.0 Å². The van der Waals surface area contributed by atoms with Crippen LogP contribution in [0.15, 0.2) is 18.2 Å². The SMILES string of the molecule is CCc1nc(N)nc(NC2CCc3ccc(C)cc32)n1. The second-order valence-electron chi connectivity index (χ2n) is 5.22. The number of fused-ring (bicyclic) bond motifs is 1. The Hall–Kier alpha value is -2.17. The quantitative estimate of drug-likeness (QED) is 0.895. The summed E-state index contributed by atoms with van der Waals surface area (Å²) in [6, 6.07) is 6.88. The summed E-state index contributed by atoms with van der Waals surface area (Å²) in [5, 5.41) is 3.40. The summed E-state index contributed by atoms with van der Waals surface area (Å²) in [6.07, 6.45) is 2.90. The number of hydrogen-bond donors (Lipinski definition) is 2. The van der Waals surface area contributed by atoms with Crippen molar-refractivity contribution in [3.8, 4) is 0 Å². The van der Waals surface area contributed by atoms with Crippen molar-refractivity contribution in [2.75, 3.05) is 11.1 Å². The molecule has 5 nitrogen and oxygen atoms in total. The summed E-state index contributed by atoms with van der Waals surface area (Å²) >= 11 is 0. The standard InChI is InChI=1S/C15H19N5/c1-3-13-18-14(16)20-15(19-13)17-12-7-6-10-5-4-9(2)8-11(10)12/h4-5,8,12H,3,6-7H2,1-2H3,(H3,16,17,18,19,20). The fraction of sp³-hybridized carbons (Fsp3) is 0.400. The molecule has 1 aromatic heterocycles. The fourth-order valence-electron chi connectivity index (χ4n) is 2.69. The summed E-state index contributed by atoms with van der Waals surface area (Å²) in [6.45, 7) is 4.12. The summed E-state index contributed by atoms with van der Waals surface area (Å²) in [5.74, 6) is 1.58. The maximum atomic E-state index is 5.73. The lowest BCUT2D eigenvalue weighted by molar-refractivity contribution is 0.745. The molecule has 0 radical (unpaired) electrons. The van der Waals surface area contributed by atoms with E-state index < -0.39 is 0 Å². The van der Waals surface area contributed by atoms with Crippen LogP contribution in [-0.2, 0) is 12.8 Å². The van der Waals surface area contributed by atoms with E-state index in [0.717, 1.165) is 25.1 Å². The van der Waals surface area contributed by atoms with Crippen LogP contribution < -0.4 is 11.1 Å². The van der Waals surface area contributed by atoms with Gasteiger partial charge < -0.3 is 11.1 Å². The van der Waals surface area contributed by atoms with Gasteiger partial charge in [0, 0.05) is 6.42 Å². The molecule has 5 heteroatoms. The number of nitrogens with one attached hydrogen (secondary N) is 1. The monoisotopic (exact) mass is 269 g/mol. The fourth-order valence-corrected chi connectivity index (χ4v) is 2.69. The Morgan fingerprint density at radius 3 is 2.95 bits per heavy atom. The number of aromatic nitrogens is 3. The molecule has 0 spiro atoms. The first-order chi connectivity index (χ1) is 9.65. The number of nitrogens with two attached hydrogens (primary N) is 1. The van der Waals surface area contributed by atoms with Crippen LogP contribution in [0, 0.1) is 6.92 Å². The molecule has 104 valence electrons. The van der Waals surface area contributed by atoms with E-state index in [0.29, 0.717) is 5.95 Å². The topological polar surface area (TPSA) is 76.7 Å². The van der Waals surface area contributed by atoms with Gasteiger partial charge in [-0.3, -0.25) is 0 Å². The predicted octanol–water partition coefficient (Wildman–Crippen LogP) is 2.42. The second-order valence-corrected chi connectivity index (χ2v) is 5.22. The highest BCUT2D eigenvalue weighted by Gasteiger charge is 2.23. The molecular formula is C15H19N5. The lowest BCUT2D eigenvalue weighted by Crippen LogP contribution is -2.13. The molecule has 1 atom stereocenters. The molecule has 0 bridgehead atoms. The van der Waals surface area contributed by atoms with Gasteiger partial charge in [0.15, 0.2) is 0 Å². The zero-order chi connectivity index (χ0) is 14.1. The second kappa shape index (κ2) is 5.07. The zero-order valence-corrected chi connectivity index (χ0v) is 11.8. The smallest absolute Gasteiger partial charge is 0.228 e. The summed E-state index contributed by atoms with van der Waals surface area (Å²) in [5.41, 5.74) is 9.76. The summed E-state index contributed by atoms with van der Waals surface area (Å²) in [4.78, 5) is 12.7. The Balaban J connectivity index is 1.87. The largest absolute Gasteiger partial charge is 0.368 e. The van der Waals surface area contributed by atoms with Gasteiger partial charge in [-0.2, -0.15) is 15.0 Å². The molecule has 20 heavy (non-hydrogen) atoms. The maximum Gasteiger partial charge on any atom is 0.228 e. The minimum atomic E-state index is 0.261. The molecule has 1 aliphatic carbocycles. The van der Waals surface area contributed by atoms with Crippen LogP contribution in [0.25, 0.3) is 0 Å². The number of nitrogen functional groups attached to an aromatic ring is 1. The predicted molar refractivity (Wildman–Crippen MR) is 79.5 cm³/mol. The van der Waals surface area contributed by atoms with E-state index in [1.165, 1.54) is 16.7 Å². The van der Waals surface area contributed by atoms with Crippen molar-refractivity contribution < 1.29 is 0 Å². The molecule has 0 aliphatic heterocycles. The molecule has 1 aromatic carbocycles. The van der Waals surface area contributed by atoms with Crippen LogP contribution in [0.5, 0.6) is 0 Å². The molecule has 3 rings (SSSR count). The molecule has 3 N–H and O–H groups in total. The Morgan fingerprint density at radius 2 is 2.15 bits per heavy atom. The molecule has 0 amide bonds. The van der Waals surface area contributed by atoms with E-state index in [1.807, 2.05) is 6.92 Å². The van der Waals surface area contributed by atoms with Crippen molar-refractivity contribution in [1.29, 1.82) is 0 Å². The number of aryl methyl sites for hydroxylation is 3. The van der Waals surface area contributed by atoms with E-state index in [-0.39, 0.29) is 12.0 Å². The van der Waals surface area contributed by atoms with Crippen LogP contribution >= 0.6 is 0 Å². The van der Waals surface area contributed by atoms with Crippen molar-refractivity contribution in [2.45, 2.75) is 39.2 Å². The minimum absolute atomic E-state index is 0.261. The Kier molecular flexibility index (Phi) is 3.26. The van der Waals surface area contributed by atoms with E-state index in [4.69, 9.17) is 5.73 Å². The maximum absolute atomic E-state index is 5.73. The summed E-state index contributed by atoms with van der Waals surface area (Å²) in [7, 11) is 0.